The summed E-state index contributed by atoms with van der Waals surface area (Å²) >= 11 is 0. The Kier molecular flexibility index (Phi) is 2.79. The highest BCUT2D eigenvalue weighted by molar-refractivity contribution is 5.72. The molecule has 0 saturated heterocycles. The fourth-order valence-electron chi connectivity index (χ4n) is 1.97. The van der Waals surface area contributed by atoms with E-state index in [9.17, 15) is 5.11 Å². The number of aromatic hydroxyl groups is 1. The van der Waals surface area contributed by atoms with Crippen molar-refractivity contribution in [2.45, 2.75) is 6.42 Å². The van der Waals surface area contributed by atoms with E-state index in [0.717, 1.165) is 22.7 Å². The number of anilines is 1. The van der Waals surface area contributed by atoms with Crippen molar-refractivity contribution >= 4 is 17.0 Å². The predicted molar refractivity (Wildman–Crippen MR) is 74.3 cm³/mol. The van der Waals surface area contributed by atoms with Crippen molar-refractivity contribution in [3.8, 4) is 5.75 Å². The van der Waals surface area contributed by atoms with Crippen LogP contribution in [0.15, 0.2) is 36.4 Å². The Morgan fingerprint density at radius 3 is 2.63 bits per heavy atom. The van der Waals surface area contributed by atoms with Gasteiger partial charge in [-0.25, -0.2) is 9.97 Å². The van der Waals surface area contributed by atoms with Crippen LogP contribution in [0.4, 0.5) is 5.82 Å². The number of imidazole rings is 1. The van der Waals surface area contributed by atoms with E-state index in [1.54, 1.807) is 12.1 Å². The fourth-order valence-corrected chi connectivity index (χ4v) is 1.97. The molecule has 0 atom stereocenters. The summed E-state index contributed by atoms with van der Waals surface area (Å²) < 4.78 is 0. The molecule has 3 aromatic rings. The summed E-state index contributed by atoms with van der Waals surface area (Å²) in [5, 5.41) is 12.2. The van der Waals surface area contributed by atoms with Gasteiger partial charge in [-0.15, -0.1) is 0 Å². The molecular formula is C14H14N4O. The molecule has 0 amide bonds. The Morgan fingerprint density at radius 2 is 1.89 bits per heavy atom. The van der Waals surface area contributed by atoms with Gasteiger partial charge in [-0.3, -0.25) is 0 Å². The lowest BCUT2D eigenvalue weighted by Crippen LogP contribution is -1.91. The van der Waals surface area contributed by atoms with E-state index in [4.69, 9.17) is 0 Å². The van der Waals surface area contributed by atoms with Gasteiger partial charge in [0.2, 0.25) is 0 Å². The molecule has 0 saturated carbocycles. The molecule has 19 heavy (non-hydrogen) atoms. The first-order valence-corrected chi connectivity index (χ1v) is 6.06. The maximum absolute atomic E-state index is 9.25. The number of H-pyrrole nitrogens is 1. The molecule has 0 radical (unpaired) electrons. The van der Waals surface area contributed by atoms with Crippen molar-refractivity contribution in [1.29, 1.82) is 0 Å². The number of nitrogens with zero attached hydrogens (tertiary/aromatic N) is 2. The lowest BCUT2D eigenvalue weighted by Gasteiger charge is -1.97. The van der Waals surface area contributed by atoms with Crippen LogP contribution in [0.1, 0.15) is 11.4 Å². The summed E-state index contributed by atoms with van der Waals surface area (Å²) in [6.45, 7) is 0. The second kappa shape index (κ2) is 4.61. The van der Waals surface area contributed by atoms with Crippen LogP contribution in [0, 0.1) is 0 Å². The molecule has 2 aromatic heterocycles. The standard InChI is InChI=1S/C14H14N4O/c1-15-12-7-6-11-14(17-12)18-13(16-11)8-9-2-4-10(19)5-3-9/h2-7,19H,8H2,1H3,(H2,15,16,17,18). The van der Waals surface area contributed by atoms with Gasteiger partial charge in [0.1, 0.15) is 17.4 Å². The molecular weight excluding hydrogens is 240 g/mol. The number of aromatic nitrogens is 3. The molecule has 0 fully saturated rings. The zero-order chi connectivity index (χ0) is 13.2. The molecule has 5 heteroatoms. The third-order valence-corrected chi connectivity index (χ3v) is 2.96. The van der Waals surface area contributed by atoms with E-state index in [1.165, 1.54) is 0 Å². The molecule has 0 spiro atoms. The number of hydrogen-bond acceptors (Lipinski definition) is 4. The molecule has 3 N–H and O–H groups in total. The summed E-state index contributed by atoms with van der Waals surface area (Å²) in [4.78, 5) is 12.1. The molecule has 2 heterocycles. The average molecular weight is 254 g/mol. The normalized spacial score (nSPS) is 10.8. The largest absolute Gasteiger partial charge is 0.508 e. The van der Waals surface area contributed by atoms with Crippen molar-refractivity contribution in [3.63, 3.8) is 0 Å². The minimum Gasteiger partial charge on any atom is -0.508 e. The number of phenols is 1. The van der Waals surface area contributed by atoms with Gasteiger partial charge in [-0.1, -0.05) is 12.1 Å². The van der Waals surface area contributed by atoms with Crippen molar-refractivity contribution < 1.29 is 5.11 Å². The topological polar surface area (TPSA) is 73.8 Å². The quantitative estimate of drug-likeness (QED) is 0.670. The highest BCUT2D eigenvalue weighted by atomic mass is 16.3. The number of rotatable bonds is 3. The van der Waals surface area contributed by atoms with Crippen molar-refractivity contribution in [2.75, 3.05) is 12.4 Å². The van der Waals surface area contributed by atoms with Gasteiger partial charge >= 0.3 is 0 Å². The van der Waals surface area contributed by atoms with E-state index in [2.05, 4.69) is 20.3 Å². The number of hydrogen-bond donors (Lipinski definition) is 3. The fraction of sp³-hybridized carbons (Fsp3) is 0.143. The summed E-state index contributed by atoms with van der Waals surface area (Å²) in [6, 6.07) is 11.0. The van der Waals surface area contributed by atoms with Crippen LogP contribution in [0.25, 0.3) is 11.2 Å². The van der Waals surface area contributed by atoms with E-state index >= 15 is 0 Å². The Hall–Kier alpha value is -2.56. The predicted octanol–water partition coefficient (Wildman–Crippen LogP) is 2.30. The van der Waals surface area contributed by atoms with Gasteiger partial charge in [0, 0.05) is 13.5 Å². The number of pyridine rings is 1. The summed E-state index contributed by atoms with van der Waals surface area (Å²) in [5.74, 6) is 1.94. The number of benzene rings is 1. The second-order valence-electron chi connectivity index (χ2n) is 4.34. The van der Waals surface area contributed by atoms with Crippen LogP contribution < -0.4 is 5.32 Å². The highest BCUT2D eigenvalue weighted by Crippen LogP contribution is 2.16. The van der Waals surface area contributed by atoms with E-state index < -0.39 is 0 Å². The number of phenolic OH excluding ortho intramolecular Hbond substituents is 1. The van der Waals surface area contributed by atoms with Gasteiger partial charge in [0.15, 0.2) is 5.65 Å². The molecule has 0 aliphatic heterocycles. The van der Waals surface area contributed by atoms with Gasteiger partial charge in [-0.2, -0.15) is 0 Å². The smallest absolute Gasteiger partial charge is 0.179 e. The maximum atomic E-state index is 9.25. The van der Waals surface area contributed by atoms with E-state index in [0.29, 0.717) is 12.1 Å². The lowest BCUT2D eigenvalue weighted by molar-refractivity contribution is 0.475. The summed E-state index contributed by atoms with van der Waals surface area (Å²) in [6.07, 6.45) is 0.686. The Morgan fingerprint density at radius 1 is 1.11 bits per heavy atom. The minimum absolute atomic E-state index is 0.272. The van der Waals surface area contributed by atoms with E-state index in [1.807, 2.05) is 31.3 Å². The molecule has 1 aromatic carbocycles. The Balaban J connectivity index is 1.90. The molecule has 0 aliphatic carbocycles. The molecule has 0 unspecified atom stereocenters. The molecule has 5 nitrogen and oxygen atoms in total. The number of aromatic amines is 1. The van der Waals surface area contributed by atoms with Crippen LogP contribution in [-0.2, 0) is 6.42 Å². The van der Waals surface area contributed by atoms with Crippen LogP contribution in [-0.4, -0.2) is 27.1 Å². The summed E-state index contributed by atoms with van der Waals surface area (Å²) in [5.41, 5.74) is 2.72. The SMILES string of the molecule is CNc1ccc2[nH]c(Cc3ccc(O)cc3)nc2n1. The molecule has 96 valence electrons. The lowest BCUT2D eigenvalue weighted by atomic mass is 10.1. The zero-order valence-corrected chi connectivity index (χ0v) is 10.5. The number of nitrogens with one attached hydrogen (secondary N) is 2. The first kappa shape index (κ1) is 11.5. The molecule has 0 bridgehead atoms. The average Bonchev–Trinajstić information content (AvgIpc) is 2.82. The molecule has 0 aliphatic rings. The second-order valence-corrected chi connectivity index (χ2v) is 4.34. The van der Waals surface area contributed by atoms with Crippen LogP contribution in [0.5, 0.6) is 5.75 Å². The Bertz CT molecular complexity index is 703. The van der Waals surface area contributed by atoms with Crippen LogP contribution in [0.3, 0.4) is 0 Å². The van der Waals surface area contributed by atoms with Crippen LogP contribution in [0.2, 0.25) is 0 Å². The van der Waals surface area contributed by atoms with E-state index in [-0.39, 0.29) is 5.75 Å². The van der Waals surface area contributed by atoms with Gasteiger partial charge in [-0.05, 0) is 29.8 Å². The van der Waals surface area contributed by atoms with Gasteiger partial charge < -0.3 is 15.4 Å². The van der Waals surface area contributed by atoms with Crippen molar-refractivity contribution in [2.24, 2.45) is 0 Å². The minimum atomic E-state index is 0.272. The monoisotopic (exact) mass is 254 g/mol. The first-order chi connectivity index (χ1) is 9.24. The van der Waals surface area contributed by atoms with Crippen molar-refractivity contribution in [1.82, 2.24) is 15.0 Å². The zero-order valence-electron chi connectivity index (χ0n) is 10.5. The molecule has 3 rings (SSSR count). The highest BCUT2D eigenvalue weighted by Gasteiger charge is 2.05. The van der Waals surface area contributed by atoms with Crippen LogP contribution >= 0.6 is 0 Å². The van der Waals surface area contributed by atoms with Gasteiger partial charge in [0.05, 0.1) is 5.52 Å². The summed E-state index contributed by atoms with van der Waals surface area (Å²) in [7, 11) is 1.83. The first-order valence-electron chi connectivity index (χ1n) is 6.06. The van der Waals surface area contributed by atoms with Gasteiger partial charge in [0.25, 0.3) is 0 Å². The third kappa shape index (κ3) is 2.35. The van der Waals surface area contributed by atoms with Crippen molar-refractivity contribution in [3.05, 3.63) is 47.8 Å². The Labute approximate surface area is 110 Å². The maximum Gasteiger partial charge on any atom is 0.179 e. The number of fused-ring (bicyclic) bond motifs is 1. The third-order valence-electron chi connectivity index (χ3n) is 2.96.